The van der Waals surface area contributed by atoms with Crippen LogP contribution in [0.1, 0.15) is 12.5 Å². The molecule has 1 heterocycles. The molecule has 2 atom stereocenters. The third kappa shape index (κ3) is 1.59. The number of rotatable bonds is 3. The number of hydrogen-bond acceptors (Lipinski definition) is 3. The fourth-order valence-corrected chi connectivity index (χ4v) is 1.92. The molecule has 0 saturated heterocycles. The predicted molar refractivity (Wildman–Crippen MR) is 58.7 cm³/mol. The highest BCUT2D eigenvalue weighted by Crippen LogP contribution is 2.43. The van der Waals surface area contributed by atoms with Crippen LogP contribution in [0, 0.1) is 5.82 Å². The van der Waals surface area contributed by atoms with Gasteiger partial charge < -0.3 is 4.74 Å². The summed E-state index contributed by atoms with van der Waals surface area (Å²) in [7, 11) is 0. The van der Waals surface area contributed by atoms with Crippen molar-refractivity contribution in [3.8, 4) is 0 Å². The second kappa shape index (κ2) is 3.87. The lowest BCUT2D eigenvalue weighted by molar-refractivity contribution is -0.133. The lowest BCUT2D eigenvalue weighted by Gasteiger charge is -2.25. The Balaban J connectivity index is 2.44. The number of fused-ring (bicyclic) bond motifs is 1. The van der Waals surface area contributed by atoms with Crippen molar-refractivity contribution in [2.24, 2.45) is 4.99 Å². The minimum atomic E-state index is -1.08. The Morgan fingerprint density at radius 1 is 1.62 bits per heavy atom. The summed E-state index contributed by atoms with van der Waals surface area (Å²) in [6, 6.07) is 4.16. The maximum absolute atomic E-state index is 13.1. The van der Waals surface area contributed by atoms with Crippen LogP contribution in [-0.2, 0) is 14.4 Å². The molecule has 0 fully saturated rings. The Hall–Kier alpha value is -1.42. The van der Waals surface area contributed by atoms with Crippen molar-refractivity contribution in [3.63, 3.8) is 0 Å². The zero-order chi connectivity index (χ0) is 11.8. The van der Waals surface area contributed by atoms with E-state index >= 15 is 0 Å². The summed E-state index contributed by atoms with van der Waals surface area (Å²) in [6.45, 7) is 1.95. The highest BCUT2D eigenvalue weighted by molar-refractivity contribution is 6.34. The average molecular weight is 242 g/mol. The fraction of sp³-hybridized carbons (Fsp3) is 0.273. The number of carbonyl (C=O) groups is 1. The minimum Gasteiger partial charge on any atom is -0.462 e. The summed E-state index contributed by atoms with van der Waals surface area (Å²) in [5.74, 6) is -0.396. The second-order valence-corrected chi connectivity index (χ2v) is 4.19. The molecule has 3 nitrogen and oxygen atoms in total. The Kier molecular flexibility index (Phi) is 2.68. The van der Waals surface area contributed by atoms with Gasteiger partial charge in [-0.3, -0.25) is 9.79 Å². The maximum Gasteiger partial charge on any atom is 0.293 e. The van der Waals surface area contributed by atoms with E-state index in [0.29, 0.717) is 17.7 Å². The molecule has 0 aliphatic carbocycles. The summed E-state index contributed by atoms with van der Waals surface area (Å²) in [5.41, 5.74) is 1.11. The molecule has 5 heteroatoms. The van der Waals surface area contributed by atoms with Gasteiger partial charge in [-0.2, -0.15) is 0 Å². The van der Waals surface area contributed by atoms with Gasteiger partial charge in [-0.15, -0.1) is 11.6 Å². The van der Waals surface area contributed by atoms with Crippen LogP contribution >= 0.6 is 11.6 Å². The van der Waals surface area contributed by atoms with Gasteiger partial charge in [-0.25, -0.2) is 4.39 Å². The summed E-state index contributed by atoms with van der Waals surface area (Å²) < 4.78 is 17.9. The molecular weight excluding hydrogens is 233 g/mol. The van der Waals surface area contributed by atoms with Gasteiger partial charge in [0.15, 0.2) is 0 Å². The first kappa shape index (κ1) is 11.1. The molecule has 0 saturated carbocycles. The summed E-state index contributed by atoms with van der Waals surface area (Å²) >= 11 is 6.30. The maximum atomic E-state index is 13.1. The number of carbonyl (C=O) groups excluding carboxylic acids is 1. The summed E-state index contributed by atoms with van der Waals surface area (Å²) in [5, 5.41) is 0. The fourth-order valence-electron chi connectivity index (χ4n) is 1.67. The molecule has 2 unspecified atom stereocenters. The molecule has 84 valence electrons. The third-order valence-corrected chi connectivity index (χ3v) is 3.22. The van der Waals surface area contributed by atoms with Crippen LogP contribution in [0.5, 0.6) is 0 Å². The smallest absolute Gasteiger partial charge is 0.293 e. The lowest BCUT2D eigenvalue weighted by atomic mass is 9.95. The first-order valence-electron chi connectivity index (χ1n) is 4.71. The molecular formula is C11H9ClFNO2. The van der Waals surface area contributed by atoms with Gasteiger partial charge in [0.25, 0.3) is 6.47 Å². The van der Waals surface area contributed by atoms with E-state index in [1.54, 1.807) is 13.0 Å². The lowest BCUT2D eigenvalue weighted by Crippen LogP contribution is -2.33. The number of benzene rings is 1. The number of hydrogen-bond donors (Lipinski definition) is 0. The standard InChI is InChI=1S/C11H9ClFNO2/c1-7(16-6-15)11(12)5-14-10-3-2-8(13)4-9(10)11/h2-7H,1H3. The van der Waals surface area contributed by atoms with E-state index in [0.717, 1.165) is 0 Å². The van der Waals surface area contributed by atoms with Crippen molar-refractivity contribution >= 4 is 30.0 Å². The van der Waals surface area contributed by atoms with Crippen molar-refractivity contribution < 1.29 is 13.9 Å². The summed E-state index contributed by atoms with van der Waals surface area (Å²) in [6.07, 6.45) is 0.853. The van der Waals surface area contributed by atoms with Crippen LogP contribution in [-0.4, -0.2) is 18.8 Å². The molecule has 0 aromatic heterocycles. The Bertz CT molecular complexity index is 463. The van der Waals surface area contributed by atoms with Crippen LogP contribution in [0.15, 0.2) is 23.2 Å². The van der Waals surface area contributed by atoms with Crippen molar-refractivity contribution in [2.45, 2.75) is 17.9 Å². The van der Waals surface area contributed by atoms with Gasteiger partial charge in [0.1, 0.15) is 16.8 Å². The van der Waals surface area contributed by atoms with E-state index in [9.17, 15) is 9.18 Å². The zero-order valence-corrected chi connectivity index (χ0v) is 9.24. The molecule has 0 N–H and O–H groups in total. The molecule has 0 amide bonds. The van der Waals surface area contributed by atoms with Gasteiger partial charge in [0.05, 0.1) is 5.69 Å². The first-order valence-corrected chi connectivity index (χ1v) is 5.09. The van der Waals surface area contributed by atoms with Crippen molar-refractivity contribution in [1.82, 2.24) is 0 Å². The van der Waals surface area contributed by atoms with Crippen LogP contribution in [0.3, 0.4) is 0 Å². The minimum absolute atomic E-state index is 0.319. The largest absolute Gasteiger partial charge is 0.462 e. The predicted octanol–water partition coefficient (Wildman–Crippen LogP) is 2.54. The first-order chi connectivity index (χ1) is 7.58. The quantitative estimate of drug-likeness (QED) is 0.603. The summed E-state index contributed by atoms with van der Waals surface area (Å²) in [4.78, 5) is 13.3. The van der Waals surface area contributed by atoms with Crippen LogP contribution < -0.4 is 0 Å². The van der Waals surface area contributed by atoms with E-state index in [2.05, 4.69) is 4.99 Å². The second-order valence-electron chi connectivity index (χ2n) is 3.56. The van der Waals surface area contributed by atoms with Crippen molar-refractivity contribution in [2.75, 3.05) is 0 Å². The molecule has 2 rings (SSSR count). The van der Waals surface area contributed by atoms with E-state index in [1.807, 2.05) is 0 Å². The van der Waals surface area contributed by atoms with Crippen molar-refractivity contribution in [3.05, 3.63) is 29.6 Å². The molecule has 1 aromatic rings. The number of halogens is 2. The molecule has 0 bridgehead atoms. The molecule has 1 aromatic carbocycles. The zero-order valence-electron chi connectivity index (χ0n) is 8.48. The number of aliphatic imine (C=N–C) groups is 1. The topological polar surface area (TPSA) is 38.7 Å². The molecule has 16 heavy (non-hydrogen) atoms. The number of ether oxygens (including phenoxy) is 1. The van der Waals surface area contributed by atoms with Gasteiger partial charge in [0, 0.05) is 11.8 Å². The van der Waals surface area contributed by atoms with Crippen LogP contribution in [0.25, 0.3) is 0 Å². The van der Waals surface area contributed by atoms with Gasteiger partial charge in [-0.05, 0) is 25.1 Å². The van der Waals surface area contributed by atoms with Crippen LogP contribution in [0.2, 0.25) is 0 Å². The van der Waals surface area contributed by atoms with Gasteiger partial charge in [0.2, 0.25) is 0 Å². The van der Waals surface area contributed by atoms with E-state index in [4.69, 9.17) is 16.3 Å². The highest BCUT2D eigenvalue weighted by atomic mass is 35.5. The van der Waals surface area contributed by atoms with Gasteiger partial charge >= 0.3 is 0 Å². The molecule has 0 spiro atoms. The Morgan fingerprint density at radius 3 is 3.06 bits per heavy atom. The van der Waals surface area contributed by atoms with E-state index < -0.39 is 16.8 Å². The number of alkyl halides is 1. The highest BCUT2D eigenvalue weighted by Gasteiger charge is 2.41. The average Bonchev–Trinajstić information content (AvgIpc) is 2.58. The van der Waals surface area contributed by atoms with Crippen LogP contribution in [0.4, 0.5) is 10.1 Å². The Morgan fingerprint density at radius 2 is 2.38 bits per heavy atom. The molecule has 1 aliphatic rings. The monoisotopic (exact) mass is 241 g/mol. The normalized spacial score (nSPS) is 23.9. The Labute approximate surface area is 96.9 Å². The number of nitrogens with zero attached hydrogens (tertiary/aromatic N) is 1. The van der Waals surface area contributed by atoms with E-state index in [-0.39, 0.29) is 0 Å². The SMILES string of the molecule is CC(OC=O)C1(Cl)C=Nc2ccc(F)cc21. The molecule has 0 radical (unpaired) electrons. The third-order valence-electron chi connectivity index (χ3n) is 2.61. The van der Waals surface area contributed by atoms with Gasteiger partial charge in [-0.1, -0.05) is 0 Å². The van der Waals surface area contributed by atoms with E-state index in [1.165, 1.54) is 18.3 Å². The van der Waals surface area contributed by atoms with Crippen molar-refractivity contribution in [1.29, 1.82) is 0 Å². The molecule has 1 aliphatic heterocycles.